The Morgan fingerprint density at radius 3 is 2.52 bits per heavy atom. The molecule has 2 aromatic carbocycles. The molecule has 2 heterocycles. The number of aliphatic carboxylic acids is 1. The molecule has 4 rings (SSSR count). The molecule has 0 fully saturated rings. The van der Waals surface area contributed by atoms with Crippen LogP contribution < -0.4 is 10.6 Å². The average Bonchev–Trinajstić information content (AvgIpc) is 3.18. The molecule has 1 aliphatic rings. The van der Waals surface area contributed by atoms with E-state index in [9.17, 15) is 14.7 Å². The third-order valence-electron chi connectivity index (χ3n) is 4.87. The quantitative estimate of drug-likeness (QED) is 0.620. The number of rotatable bonds is 5. The van der Waals surface area contributed by atoms with E-state index in [1.54, 1.807) is 10.8 Å². The van der Waals surface area contributed by atoms with Crippen molar-refractivity contribution in [1.82, 2.24) is 9.78 Å². The van der Waals surface area contributed by atoms with Gasteiger partial charge in [-0.3, -0.25) is 4.79 Å². The molecule has 0 saturated carbocycles. The molecule has 3 N–H and O–H groups in total. The number of hydrogen-bond donors (Lipinski definition) is 3. The highest BCUT2D eigenvalue weighted by Crippen LogP contribution is 2.32. The van der Waals surface area contributed by atoms with Gasteiger partial charge < -0.3 is 15.7 Å². The molecule has 7 nitrogen and oxygen atoms in total. The van der Waals surface area contributed by atoms with E-state index in [2.05, 4.69) is 22.7 Å². The summed E-state index contributed by atoms with van der Waals surface area (Å²) in [7, 11) is 0. The lowest BCUT2D eigenvalue weighted by Gasteiger charge is -2.24. The second-order valence-electron chi connectivity index (χ2n) is 6.72. The molecule has 1 amide bonds. The van der Waals surface area contributed by atoms with Crippen molar-refractivity contribution in [2.24, 2.45) is 0 Å². The van der Waals surface area contributed by atoms with Gasteiger partial charge in [0.25, 0.3) is 5.91 Å². The van der Waals surface area contributed by atoms with Gasteiger partial charge in [0.05, 0.1) is 12.2 Å². The lowest BCUT2D eigenvalue weighted by molar-refractivity contribution is -0.132. The topological polar surface area (TPSA) is 96.3 Å². The number of benzene rings is 2. The Kier molecular flexibility index (Phi) is 4.87. The summed E-state index contributed by atoms with van der Waals surface area (Å²) in [4.78, 5) is 24.5. The van der Waals surface area contributed by atoms with Crippen molar-refractivity contribution in [2.45, 2.75) is 19.4 Å². The van der Waals surface area contributed by atoms with Crippen molar-refractivity contribution in [1.29, 1.82) is 0 Å². The molecular formula is C22H20N4O3. The van der Waals surface area contributed by atoms with Crippen LogP contribution in [0.15, 0.2) is 72.6 Å². The van der Waals surface area contributed by atoms with Crippen molar-refractivity contribution >= 4 is 23.4 Å². The molecule has 1 aliphatic heterocycles. The number of aromatic nitrogens is 2. The third kappa shape index (κ3) is 3.62. The number of carboxylic acid groups (broad SMARTS) is 1. The van der Waals surface area contributed by atoms with Crippen LogP contribution in [0.1, 0.15) is 34.5 Å². The molecule has 0 aliphatic carbocycles. The lowest BCUT2D eigenvalue weighted by atomic mass is 10.0. The van der Waals surface area contributed by atoms with Gasteiger partial charge in [0.2, 0.25) is 0 Å². The molecule has 0 unspecified atom stereocenters. The Bertz CT molecular complexity index is 1090. The predicted octanol–water partition coefficient (Wildman–Crippen LogP) is 3.68. The summed E-state index contributed by atoms with van der Waals surface area (Å²) in [6.07, 6.45) is 3.95. The van der Waals surface area contributed by atoms with E-state index in [1.165, 1.54) is 11.8 Å². The zero-order chi connectivity index (χ0) is 20.4. The van der Waals surface area contributed by atoms with Crippen LogP contribution in [0, 0.1) is 0 Å². The number of carbonyl (C=O) groups is 2. The molecule has 0 saturated heterocycles. The van der Waals surface area contributed by atoms with Crippen molar-refractivity contribution < 1.29 is 14.7 Å². The van der Waals surface area contributed by atoms with E-state index in [1.807, 2.05) is 54.6 Å². The number of fused-ring (bicyclic) bond motifs is 1. The molecule has 1 atom stereocenters. The minimum atomic E-state index is -1.10. The van der Waals surface area contributed by atoms with E-state index in [-0.39, 0.29) is 17.2 Å². The van der Waals surface area contributed by atoms with Crippen LogP contribution in [0.25, 0.3) is 0 Å². The predicted molar refractivity (Wildman–Crippen MR) is 110 cm³/mol. The summed E-state index contributed by atoms with van der Waals surface area (Å²) < 4.78 is 1.62. The van der Waals surface area contributed by atoms with Crippen LogP contribution >= 0.6 is 0 Å². The van der Waals surface area contributed by atoms with Crippen molar-refractivity contribution in [3.8, 4) is 0 Å². The van der Waals surface area contributed by atoms with E-state index in [4.69, 9.17) is 0 Å². The summed E-state index contributed by atoms with van der Waals surface area (Å²) in [5, 5.41) is 19.5. The Morgan fingerprint density at radius 2 is 1.86 bits per heavy atom. The van der Waals surface area contributed by atoms with Crippen LogP contribution in [-0.2, 0) is 11.2 Å². The van der Waals surface area contributed by atoms with Gasteiger partial charge in [0, 0.05) is 5.69 Å². The van der Waals surface area contributed by atoms with Gasteiger partial charge in [-0.05, 0) is 35.8 Å². The van der Waals surface area contributed by atoms with Crippen LogP contribution in [0.5, 0.6) is 0 Å². The molecule has 29 heavy (non-hydrogen) atoms. The molecule has 7 heteroatoms. The van der Waals surface area contributed by atoms with Crippen molar-refractivity contribution in [2.75, 3.05) is 10.6 Å². The first kappa shape index (κ1) is 18.5. The number of amides is 1. The number of anilines is 2. The molecule has 0 radical (unpaired) electrons. The molecule has 0 spiro atoms. The first-order valence-electron chi connectivity index (χ1n) is 9.31. The maximum Gasteiger partial charge on any atom is 0.352 e. The molecule has 3 aromatic rings. The standard InChI is InChI=1S/C22H20N4O3/c1-2-14-8-10-16(11-9-14)24-21(27)17-13-23-26-19(15-6-4-3-5-7-15)12-18(22(28)29)25-20(17)26/h3-13,19,25H,2H2,1H3,(H,24,27)(H,28,29)/t19-/m0/s1. The maximum atomic E-state index is 12.8. The number of nitrogens with one attached hydrogen (secondary N) is 2. The fourth-order valence-electron chi connectivity index (χ4n) is 3.30. The van der Waals surface area contributed by atoms with Crippen LogP contribution in [-0.4, -0.2) is 26.8 Å². The van der Waals surface area contributed by atoms with E-state index in [0.29, 0.717) is 11.5 Å². The Hall–Kier alpha value is -3.87. The number of carbonyl (C=O) groups excluding carboxylic acids is 1. The highest BCUT2D eigenvalue weighted by Gasteiger charge is 2.29. The number of carboxylic acids is 1. The van der Waals surface area contributed by atoms with Crippen molar-refractivity contribution in [3.05, 3.63) is 89.3 Å². The first-order chi connectivity index (χ1) is 14.1. The molecule has 1 aromatic heterocycles. The van der Waals surface area contributed by atoms with Gasteiger partial charge in [-0.1, -0.05) is 49.4 Å². The smallest absolute Gasteiger partial charge is 0.352 e. The number of aryl methyl sites for hydroxylation is 1. The van der Waals surface area contributed by atoms with E-state index < -0.39 is 12.0 Å². The fraction of sp³-hybridized carbons (Fsp3) is 0.136. The highest BCUT2D eigenvalue weighted by atomic mass is 16.4. The van der Waals surface area contributed by atoms with Crippen LogP contribution in [0.3, 0.4) is 0 Å². The second kappa shape index (κ2) is 7.63. The fourth-order valence-corrected chi connectivity index (χ4v) is 3.30. The number of allylic oxidation sites excluding steroid dienone is 1. The summed E-state index contributed by atoms with van der Waals surface area (Å²) in [5.74, 6) is -1.11. The number of nitrogens with zero attached hydrogens (tertiary/aromatic N) is 2. The maximum absolute atomic E-state index is 12.8. The average molecular weight is 388 g/mol. The minimum Gasteiger partial charge on any atom is -0.477 e. The van der Waals surface area contributed by atoms with Crippen LogP contribution in [0.4, 0.5) is 11.5 Å². The van der Waals surface area contributed by atoms with E-state index >= 15 is 0 Å². The molecule has 146 valence electrons. The summed E-state index contributed by atoms with van der Waals surface area (Å²) >= 11 is 0. The normalized spacial score (nSPS) is 15.1. The van der Waals surface area contributed by atoms with Gasteiger partial charge in [0.15, 0.2) is 0 Å². The second-order valence-corrected chi connectivity index (χ2v) is 6.72. The van der Waals surface area contributed by atoms with Gasteiger partial charge in [0.1, 0.15) is 17.1 Å². The van der Waals surface area contributed by atoms with Gasteiger partial charge in [-0.15, -0.1) is 0 Å². The van der Waals surface area contributed by atoms with Crippen molar-refractivity contribution in [3.63, 3.8) is 0 Å². The summed E-state index contributed by atoms with van der Waals surface area (Å²) in [5.41, 5.74) is 3.00. The highest BCUT2D eigenvalue weighted by molar-refractivity contribution is 6.08. The summed E-state index contributed by atoms with van der Waals surface area (Å²) in [6.45, 7) is 2.06. The van der Waals surface area contributed by atoms with Crippen LogP contribution in [0.2, 0.25) is 0 Å². The van der Waals surface area contributed by atoms with Gasteiger partial charge in [-0.25, -0.2) is 9.48 Å². The third-order valence-corrected chi connectivity index (χ3v) is 4.87. The number of hydrogen-bond acceptors (Lipinski definition) is 4. The van der Waals surface area contributed by atoms with Gasteiger partial charge >= 0.3 is 5.97 Å². The largest absolute Gasteiger partial charge is 0.477 e. The Labute approximate surface area is 167 Å². The Morgan fingerprint density at radius 1 is 1.14 bits per heavy atom. The molecule has 0 bridgehead atoms. The Balaban J connectivity index is 1.67. The zero-order valence-electron chi connectivity index (χ0n) is 15.8. The molecular weight excluding hydrogens is 368 g/mol. The minimum absolute atomic E-state index is 0.00759. The van der Waals surface area contributed by atoms with E-state index in [0.717, 1.165) is 12.0 Å². The van der Waals surface area contributed by atoms with Gasteiger partial charge in [-0.2, -0.15) is 5.10 Å². The zero-order valence-corrected chi connectivity index (χ0v) is 15.8. The first-order valence-corrected chi connectivity index (χ1v) is 9.31. The SMILES string of the molecule is CCc1ccc(NC(=O)c2cnn3c2NC(C(=O)O)=C[C@H]3c2ccccc2)cc1. The summed E-state index contributed by atoms with van der Waals surface area (Å²) in [6, 6.07) is 16.6. The lowest BCUT2D eigenvalue weighted by Crippen LogP contribution is -2.25. The monoisotopic (exact) mass is 388 g/mol.